The number of anilines is 2. The summed E-state index contributed by atoms with van der Waals surface area (Å²) in [7, 11) is 0. The van der Waals surface area contributed by atoms with Crippen LogP contribution < -0.4 is 15.0 Å². The van der Waals surface area contributed by atoms with Crippen molar-refractivity contribution in [2.45, 2.75) is 25.4 Å². The van der Waals surface area contributed by atoms with Gasteiger partial charge in [-0.2, -0.15) is 5.10 Å². The first-order valence-electron chi connectivity index (χ1n) is 10.5. The van der Waals surface area contributed by atoms with Crippen LogP contribution in [0.15, 0.2) is 42.6 Å². The van der Waals surface area contributed by atoms with Crippen LogP contribution in [0.4, 0.5) is 11.5 Å². The first kappa shape index (κ1) is 18.8. The van der Waals surface area contributed by atoms with E-state index in [4.69, 9.17) is 4.74 Å². The van der Waals surface area contributed by atoms with Gasteiger partial charge in [-0.05, 0) is 49.2 Å². The summed E-state index contributed by atoms with van der Waals surface area (Å²) >= 11 is 0. The van der Waals surface area contributed by atoms with Crippen molar-refractivity contribution in [3.63, 3.8) is 0 Å². The molecule has 0 unspecified atom stereocenters. The van der Waals surface area contributed by atoms with E-state index < -0.39 is 0 Å². The van der Waals surface area contributed by atoms with E-state index >= 15 is 0 Å². The molecule has 1 N–H and O–H groups in total. The summed E-state index contributed by atoms with van der Waals surface area (Å²) in [5.74, 6) is 2.05. The summed E-state index contributed by atoms with van der Waals surface area (Å²) in [5.41, 5.74) is 0.752. The molecule has 1 saturated carbocycles. The second-order valence-electron chi connectivity index (χ2n) is 8.28. The van der Waals surface area contributed by atoms with Crippen LogP contribution in [0.3, 0.4) is 0 Å². The molecule has 156 valence electrons. The summed E-state index contributed by atoms with van der Waals surface area (Å²) in [6.45, 7) is 2.73. The third-order valence-electron chi connectivity index (χ3n) is 5.94. The Labute approximate surface area is 175 Å². The number of nitrogens with zero attached hydrogens (tertiary/aromatic N) is 4. The largest absolute Gasteiger partial charge is 0.489 e. The molecule has 8 nitrogen and oxygen atoms in total. The number of benzene rings is 1. The van der Waals surface area contributed by atoms with Crippen LogP contribution in [0.2, 0.25) is 0 Å². The highest BCUT2D eigenvalue weighted by Gasteiger charge is 2.37. The summed E-state index contributed by atoms with van der Waals surface area (Å²) in [6.07, 6.45) is 4.61. The Morgan fingerprint density at radius 2 is 1.80 bits per heavy atom. The molecule has 3 heterocycles. The van der Waals surface area contributed by atoms with Crippen LogP contribution >= 0.6 is 0 Å². The molecule has 2 saturated heterocycles. The molecule has 0 spiro atoms. The molecule has 2 aliphatic heterocycles. The predicted octanol–water partition coefficient (Wildman–Crippen LogP) is 1.94. The zero-order valence-corrected chi connectivity index (χ0v) is 16.7. The summed E-state index contributed by atoms with van der Waals surface area (Å²) in [5, 5.41) is 10.9. The number of amides is 2. The Bertz CT molecular complexity index is 910. The highest BCUT2D eigenvalue weighted by Crippen LogP contribution is 2.32. The maximum Gasteiger partial charge on any atom is 0.231 e. The maximum atomic E-state index is 12.5. The number of carbonyl (C=O) groups excluding carboxylic acids is 2. The molecule has 1 aromatic carbocycles. The minimum absolute atomic E-state index is 0.00818. The molecule has 0 radical (unpaired) electrons. The first-order chi connectivity index (χ1) is 14.7. The van der Waals surface area contributed by atoms with E-state index in [0.717, 1.165) is 43.1 Å². The number of hydrogen-bond acceptors (Lipinski definition) is 6. The Morgan fingerprint density at radius 3 is 2.50 bits per heavy atom. The number of nitrogens with one attached hydrogen (secondary N) is 1. The smallest absolute Gasteiger partial charge is 0.231 e. The van der Waals surface area contributed by atoms with Crippen LogP contribution in [0.25, 0.3) is 0 Å². The van der Waals surface area contributed by atoms with Crippen molar-refractivity contribution >= 4 is 23.3 Å². The number of hydrogen-bond donors (Lipinski definition) is 1. The Hall–Kier alpha value is -3.16. The molecule has 5 rings (SSSR count). The van der Waals surface area contributed by atoms with Crippen LogP contribution in [-0.2, 0) is 9.59 Å². The second-order valence-corrected chi connectivity index (χ2v) is 8.28. The fraction of sp³-hybridized carbons (Fsp3) is 0.455. The number of aromatic nitrogens is 2. The number of ether oxygens (including phenoxy) is 1. The van der Waals surface area contributed by atoms with E-state index in [0.29, 0.717) is 19.6 Å². The third-order valence-corrected chi connectivity index (χ3v) is 5.94. The summed E-state index contributed by atoms with van der Waals surface area (Å²) in [6, 6.07) is 11.2. The summed E-state index contributed by atoms with van der Waals surface area (Å²) < 4.78 is 6.03. The minimum Gasteiger partial charge on any atom is -0.489 e. The van der Waals surface area contributed by atoms with Gasteiger partial charge in [-0.3, -0.25) is 9.59 Å². The minimum atomic E-state index is -0.0589. The van der Waals surface area contributed by atoms with Gasteiger partial charge in [0, 0.05) is 43.9 Å². The molecule has 1 aromatic heterocycles. The Morgan fingerprint density at radius 1 is 1.00 bits per heavy atom. The molecule has 2 aromatic rings. The molecule has 2 amide bonds. The number of rotatable bonds is 6. The van der Waals surface area contributed by atoms with Gasteiger partial charge in [0.05, 0.1) is 12.5 Å². The molecule has 3 aliphatic rings. The molecule has 8 heteroatoms. The highest BCUT2D eigenvalue weighted by molar-refractivity contribution is 5.94. The van der Waals surface area contributed by atoms with Crippen molar-refractivity contribution in [2.24, 2.45) is 11.8 Å². The predicted molar refractivity (Wildman–Crippen MR) is 111 cm³/mol. The van der Waals surface area contributed by atoms with Gasteiger partial charge < -0.3 is 19.9 Å². The van der Waals surface area contributed by atoms with Crippen LogP contribution in [0.5, 0.6) is 5.75 Å². The lowest BCUT2D eigenvalue weighted by atomic mass is 9.99. The average Bonchev–Trinajstić information content (AvgIpc) is 3.48. The topological polar surface area (TPSA) is 87.7 Å². The second kappa shape index (κ2) is 7.93. The lowest BCUT2D eigenvalue weighted by molar-refractivity contribution is -0.131. The lowest BCUT2D eigenvalue weighted by Crippen LogP contribution is -2.52. The third kappa shape index (κ3) is 4.08. The van der Waals surface area contributed by atoms with Crippen molar-refractivity contribution in [1.29, 1.82) is 0 Å². The Balaban J connectivity index is 1.08. The molecule has 1 aliphatic carbocycles. The van der Waals surface area contributed by atoms with Crippen LogP contribution in [0.1, 0.15) is 19.3 Å². The van der Waals surface area contributed by atoms with Gasteiger partial charge in [0.2, 0.25) is 11.8 Å². The van der Waals surface area contributed by atoms with E-state index in [-0.39, 0.29) is 29.8 Å². The fourth-order valence-corrected chi connectivity index (χ4v) is 3.96. The van der Waals surface area contributed by atoms with Gasteiger partial charge in [0.1, 0.15) is 11.9 Å². The zero-order chi connectivity index (χ0) is 20.5. The van der Waals surface area contributed by atoms with Gasteiger partial charge in [-0.15, -0.1) is 5.10 Å². The Kier molecular flexibility index (Phi) is 4.98. The standard InChI is InChI=1S/C22H25N5O3/c28-21(16-12-27(13-16)20-2-1-10-23-25-20)24-17-5-7-18(8-6-17)30-19-9-11-26(14-19)22(29)15-3-4-15/h1-2,5-8,10,15-16,19H,3-4,9,11-14H2,(H,24,28)/t19-/m1/s1. The number of carbonyl (C=O) groups is 2. The lowest BCUT2D eigenvalue weighted by Gasteiger charge is -2.38. The van der Waals surface area contributed by atoms with E-state index in [2.05, 4.69) is 15.5 Å². The SMILES string of the molecule is O=C(Nc1ccc(O[C@@H]2CCN(C(=O)C3CC3)C2)cc1)C1CN(c2cccnn2)C1. The quantitative estimate of drug-likeness (QED) is 0.788. The molecule has 3 fully saturated rings. The highest BCUT2D eigenvalue weighted by atomic mass is 16.5. The van der Waals surface area contributed by atoms with E-state index in [1.807, 2.05) is 46.2 Å². The van der Waals surface area contributed by atoms with Crippen LogP contribution in [0, 0.1) is 11.8 Å². The average molecular weight is 407 g/mol. The van der Waals surface area contributed by atoms with E-state index in [9.17, 15) is 9.59 Å². The van der Waals surface area contributed by atoms with E-state index in [1.54, 1.807) is 6.20 Å². The van der Waals surface area contributed by atoms with Gasteiger partial charge in [-0.1, -0.05) is 0 Å². The fourth-order valence-electron chi connectivity index (χ4n) is 3.96. The van der Waals surface area contributed by atoms with Crippen LogP contribution in [-0.4, -0.2) is 59.2 Å². The van der Waals surface area contributed by atoms with Gasteiger partial charge >= 0.3 is 0 Å². The van der Waals surface area contributed by atoms with E-state index in [1.165, 1.54) is 0 Å². The normalized spacial score (nSPS) is 21.3. The maximum absolute atomic E-state index is 12.5. The van der Waals surface area contributed by atoms with Crippen molar-refractivity contribution in [2.75, 3.05) is 36.4 Å². The molecule has 30 heavy (non-hydrogen) atoms. The molecule has 1 atom stereocenters. The summed E-state index contributed by atoms with van der Waals surface area (Å²) in [4.78, 5) is 28.6. The zero-order valence-electron chi connectivity index (χ0n) is 16.7. The number of likely N-dealkylation sites (tertiary alicyclic amines) is 1. The first-order valence-corrected chi connectivity index (χ1v) is 10.5. The molecular formula is C22H25N5O3. The van der Waals surface area contributed by atoms with Crippen molar-refractivity contribution < 1.29 is 14.3 Å². The van der Waals surface area contributed by atoms with Gasteiger partial charge in [0.15, 0.2) is 5.82 Å². The van der Waals surface area contributed by atoms with Gasteiger partial charge in [-0.25, -0.2) is 0 Å². The molecule has 0 bridgehead atoms. The van der Waals surface area contributed by atoms with Crippen molar-refractivity contribution in [1.82, 2.24) is 15.1 Å². The van der Waals surface area contributed by atoms with Crippen molar-refractivity contribution in [3.05, 3.63) is 42.6 Å². The van der Waals surface area contributed by atoms with Gasteiger partial charge in [0.25, 0.3) is 0 Å². The monoisotopic (exact) mass is 407 g/mol. The van der Waals surface area contributed by atoms with Crippen molar-refractivity contribution in [3.8, 4) is 5.75 Å². The molecular weight excluding hydrogens is 382 g/mol.